The van der Waals surface area contributed by atoms with E-state index in [1.165, 1.54) is 0 Å². The molecule has 0 radical (unpaired) electrons. The predicted molar refractivity (Wildman–Crippen MR) is 53.7 cm³/mol. The second-order valence-electron chi connectivity index (χ2n) is 2.85. The first-order chi connectivity index (χ1) is 5.97. The first kappa shape index (κ1) is 10.6. The maximum Gasteiger partial charge on any atom is 0.274 e. The molecule has 1 aromatic heterocycles. The van der Waals surface area contributed by atoms with Crippen molar-refractivity contribution in [2.45, 2.75) is 19.4 Å². The molecular weight excluding hydrogens is 208 g/mol. The lowest BCUT2D eigenvalue weighted by atomic mass is 10.2. The molecule has 1 heterocycles. The Hall–Kier alpha value is -0.430. The van der Waals surface area contributed by atoms with Crippen molar-refractivity contribution in [2.75, 3.05) is 0 Å². The Morgan fingerprint density at radius 1 is 1.69 bits per heavy atom. The highest BCUT2D eigenvalue weighted by Crippen LogP contribution is 2.10. The minimum Gasteiger partial charge on any atom is -0.216 e. The van der Waals surface area contributed by atoms with Gasteiger partial charge in [-0.15, -0.1) is 11.3 Å². The van der Waals surface area contributed by atoms with Crippen LogP contribution < -0.4 is 9.86 Å². The lowest BCUT2D eigenvalue weighted by Gasteiger charge is -2.09. The minimum absolute atomic E-state index is 0.159. The van der Waals surface area contributed by atoms with E-state index in [0.29, 0.717) is 6.42 Å². The van der Waals surface area contributed by atoms with E-state index in [0.717, 1.165) is 4.88 Å². The van der Waals surface area contributed by atoms with E-state index in [1.807, 2.05) is 17.5 Å². The van der Waals surface area contributed by atoms with Crippen molar-refractivity contribution in [1.29, 1.82) is 0 Å². The summed E-state index contributed by atoms with van der Waals surface area (Å²) in [6.07, 6.45) is 0.675. The van der Waals surface area contributed by atoms with Gasteiger partial charge < -0.3 is 0 Å². The Morgan fingerprint density at radius 2 is 2.38 bits per heavy atom. The van der Waals surface area contributed by atoms with E-state index in [9.17, 15) is 8.42 Å². The van der Waals surface area contributed by atoms with Crippen molar-refractivity contribution >= 4 is 21.5 Å². The van der Waals surface area contributed by atoms with Crippen LogP contribution in [0.5, 0.6) is 0 Å². The molecule has 0 aliphatic heterocycles. The third-order valence-corrected chi connectivity index (χ3v) is 3.08. The Kier molecular flexibility index (Phi) is 3.43. The van der Waals surface area contributed by atoms with E-state index >= 15 is 0 Å². The smallest absolute Gasteiger partial charge is 0.216 e. The Balaban J connectivity index is 2.47. The van der Waals surface area contributed by atoms with Crippen LogP contribution in [0.1, 0.15) is 11.8 Å². The van der Waals surface area contributed by atoms with Crippen molar-refractivity contribution < 1.29 is 8.42 Å². The third kappa shape index (κ3) is 4.37. The first-order valence-electron chi connectivity index (χ1n) is 3.80. The fourth-order valence-corrected chi connectivity index (χ4v) is 2.53. The van der Waals surface area contributed by atoms with Gasteiger partial charge in [-0.2, -0.15) is 13.1 Å². The van der Waals surface area contributed by atoms with Crippen LogP contribution in [-0.4, -0.2) is 14.5 Å². The van der Waals surface area contributed by atoms with Crippen LogP contribution in [0.3, 0.4) is 0 Å². The maximum absolute atomic E-state index is 10.6. The molecule has 1 aromatic rings. The van der Waals surface area contributed by atoms with Crippen LogP contribution in [-0.2, 0) is 16.6 Å². The highest BCUT2D eigenvalue weighted by Gasteiger charge is 2.09. The predicted octanol–water partition coefficient (Wildman–Crippen LogP) is 0.472. The van der Waals surface area contributed by atoms with Gasteiger partial charge in [0.2, 0.25) is 0 Å². The second-order valence-corrected chi connectivity index (χ2v) is 5.21. The number of hydrogen-bond acceptors (Lipinski definition) is 3. The highest BCUT2D eigenvalue weighted by molar-refractivity contribution is 7.87. The zero-order valence-corrected chi connectivity index (χ0v) is 8.86. The summed E-state index contributed by atoms with van der Waals surface area (Å²) >= 11 is 1.60. The van der Waals surface area contributed by atoms with Gasteiger partial charge in [0.25, 0.3) is 10.2 Å². The van der Waals surface area contributed by atoms with Crippen LogP contribution >= 0.6 is 11.3 Å². The Labute approximate surface area is 82.0 Å². The topological polar surface area (TPSA) is 72.2 Å². The molecule has 0 spiro atoms. The van der Waals surface area contributed by atoms with Crippen molar-refractivity contribution in [1.82, 2.24) is 4.72 Å². The normalized spacial score (nSPS) is 14.3. The van der Waals surface area contributed by atoms with Crippen LogP contribution in [0.2, 0.25) is 0 Å². The van der Waals surface area contributed by atoms with Gasteiger partial charge in [-0.05, 0) is 24.8 Å². The van der Waals surface area contributed by atoms with E-state index < -0.39 is 10.2 Å². The molecule has 0 bridgehead atoms. The standard InChI is InChI=1S/C7H12N2O2S2/c1-6(9-13(8,10)11)5-7-3-2-4-12-7/h2-4,6,9H,5H2,1H3,(H2,8,10,11). The zero-order valence-electron chi connectivity index (χ0n) is 7.23. The van der Waals surface area contributed by atoms with E-state index in [2.05, 4.69) is 4.72 Å². The maximum atomic E-state index is 10.6. The quantitative estimate of drug-likeness (QED) is 0.774. The van der Waals surface area contributed by atoms with E-state index in [4.69, 9.17) is 5.14 Å². The molecule has 4 nitrogen and oxygen atoms in total. The van der Waals surface area contributed by atoms with Gasteiger partial charge in [0, 0.05) is 10.9 Å². The highest BCUT2D eigenvalue weighted by atomic mass is 32.2. The van der Waals surface area contributed by atoms with Gasteiger partial charge in [0.05, 0.1) is 0 Å². The molecule has 1 atom stereocenters. The molecule has 0 amide bonds. The van der Waals surface area contributed by atoms with Crippen LogP contribution in [0.15, 0.2) is 17.5 Å². The van der Waals surface area contributed by atoms with Gasteiger partial charge in [0.1, 0.15) is 0 Å². The van der Waals surface area contributed by atoms with Gasteiger partial charge in [-0.3, -0.25) is 0 Å². The van der Waals surface area contributed by atoms with Gasteiger partial charge in [-0.25, -0.2) is 5.14 Å². The lowest BCUT2D eigenvalue weighted by Crippen LogP contribution is -2.38. The molecule has 6 heteroatoms. The Morgan fingerprint density at radius 3 is 2.85 bits per heavy atom. The Bertz CT molecular complexity index is 345. The number of nitrogens with one attached hydrogen (secondary N) is 1. The van der Waals surface area contributed by atoms with E-state index in [-0.39, 0.29) is 6.04 Å². The van der Waals surface area contributed by atoms with Crippen LogP contribution in [0, 0.1) is 0 Å². The average Bonchev–Trinajstić information content (AvgIpc) is 2.34. The summed E-state index contributed by atoms with van der Waals surface area (Å²) in [6.45, 7) is 1.78. The summed E-state index contributed by atoms with van der Waals surface area (Å²) in [7, 11) is -3.57. The molecular formula is C7H12N2O2S2. The zero-order chi connectivity index (χ0) is 9.90. The molecule has 0 aromatic carbocycles. The number of nitrogens with two attached hydrogens (primary N) is 1. The molecule has 1 unspecified atom stereocenters. The summed E-state index contributed by atoms with van der Waals surface area (Å²) in [5, 5.41) is 6.79. The molecule has 13 heavy (non-hydrogen) atoms. The van der Waals surface area contributed by atoms with Gasteiger partial charge in [-0.1, -0.05) is 6.07 Å². The SMILES string of the molecule is CC(Cc1cccs1)NS(N)(=O)=O. The van der Waals surface area contributed by atoms with Crippen molar-refractivity contribution in [3.05, 3.63) is 22.4 Å². The first-order valence-corrected chi connectivity index (χ1v) is 6.22. The lowest BCUT2D eigenvalue weighted by molar-refractivity contribution is 0.562. The van der Waals surface area contributed by atoms with Gasteiger partial charge >= 0.3 is 0 Å². The number of hydrogen-bond donors (Lipinski definition) is 2. The molecule has 0 saturated heterocycles. The number of thiophene rings is 1. The molecule has 0 fully saturated rings. The largest absolute Gasteiger partial charge is 0.274 e. The average molecular weight is 220 g/mol. The van der Waals surface area contributed by atoms with Crippen molar-refractivity contribution in [3.63, 3.8) is 0 Å². The van der Waals surface area contributed by atoms with Gasteiger partial charge in [0.15, 0.2) is 0 Å². The van der Waals surface area contributed by atoms with Crippen molar-refractivity contribution in [2.24, 2.45) is 5.14 Å². The molecule has 0 saturated carbocycles. The minimum atomic E-state index is -3.57. The molecule has 0 aliphatic carbocycles. The molecule has 74 valence electrons. The molecule has 0 aliphatic rings. The fraction of sp³-hybridized carbons (Fsp3) is 0.429. The fourth-order valence-electron chi connectivity index (χ4n) is 1.05. The second kappa shape index (κ2) is 4.19. The van der Waals surface area contributed by atoms with E-state index in [1.54, 1.807) is 18.3 Å². The summed E-state index contributed by atoms with van der Waals surface area (Å²) in [6, 6.07) is 3.74. The molecule has 1 rings (SSSR count). The third-order valence-electron chi connectivity index (χ3n) is 1.45. The summed E-state index contributed by atoms with van der Waals surface area (Å²) in [5.41, 5.74) is 0. The summed E-state index contributed by atoms with van der Waals surface area (Å²) < 4.78 is 23.6. The van der Waals surface area contributed by atoms with Crippen LogP contribution in [0.25, 0.3) is 0 Å². The van der Waals surface area contributed by atoms with Crippen molar-refractivity contribution in [3.8, 4) is 0 Å². The molecule has 3 N–H and O–H groups in total. The summed E-state index contributed by atoms with van der Waals surface area (Å²) in [4.78, 5) is 1.14. The van der Waals surface area contributed by atoms with Crippen LogP contribution in [0.4, 0.5) is 0 Å². The summed E-state index contributed by atoms with van der Waals surface area (Å²) in [5.74, 6) is 0. The monoisotopic (exact) mass is 220 g/mol. The number of rotatable bonds is 4.